The number of nitrogens with one attached hydrogen (secondary N) is 2. The molecule has 0 radical (unpaired) electrons. The Morgan fingerprint density at radius 2 is 1.76 bits per heavy atom. The maximum absolute atomic E-state index is 12.8. The number of anilines is 2. The van der Waals surface area contributed by atoms with Gasteiger partial charge in [0.25, 0.3) is 11.8 Å². The van der Waals surface area contributed by atoms with Crippen LogP contribution in [0.4, 0.5) is 11.4 Å². The highest BCUT2D eigenvalue weighted by molar-refractivity contribution is 7.12. The van der Waals surface area contributed by atoms with Gasteiger partial charge in [-0.15, -0.1) is 11.3 Å². The number of nitrogens with zero attached hydrogens (tertiary/aromatic N) is 2. The van der Waals surface area contributed by atoms with Gasteiger partial charge in [-0.2, -0.15) is 0 Å². The molecule has 29 heavy (non-hydrogen) atoms. The number of carbonyl (C=O) groups excluding carboxylic acids is 3. The Morgan fingerprint density at radius 3 is 2.48 bits per heavy atom. The second-order valence-electron chi connectivity index (χ2n) is 6.04. The number of amides is 3. The fourth-order valence-electron chi connectivity index (χ4n) is 2.48. The van der Waals surface area contributed by atoms with Crippen molar-refractivity contribution >= 4 is 52.0 Å². The van der Waals surface area contributed by atoms with Crippen LogP contribution in [0.15, 0.2) is 60.2 Å². The molecule has 0 aliphatic heterocycles. The summed E-state index contributed by atoms with van der Waals surface area (Å²) in [6.45, 7) is -0.167. The molecule has 2 heterocycles. The summed E-state index contributed by atoms with van der Waals surface area (Å²) >= 11 is 7.22. The normalized spacial score (nSPS) is 10.3. The van der Waals surface area contributed by atoms with E-state index in [0.717, 1.165) is 0 Å². The molecule has 0 bridgehead atoms. The van der Waals surface area contributed by atoms with E-state index >= 15 is 0 Å². The number of halogens is 1. The van der Waals surface area contributed by atoms with Crippen LogP contribution >= 0.6 is 22.9 Å². The first-order valence-electron chi connectivity index (χ1n) is 8.54. The van der Waals surface area contributed by atoms with E-state index in [-0.39, 0.29) is 24.3 Å². The highest BCUT2D eigenvalue weighted by atomic mass is 35.5. The van der Waals surface area contributed by atoms with Crippen molar-refractivity contribution in [3.63, 3.8) is 0 Å². The number of likely N-dealkylation sites (N-methyl/N-ethyl adjacent to an activating group) is 1. The standard InChI is InChI=1S/C20H17ClN4O3S/c1-25(12-17(26)23-15-5-3-2-4-14(15)21)20(28)18-16(8-11-29-18)24-19(27)13-6-9-22-10-7-13/h2-11H,12H2,1H3,(H,23,26)(H,24,27). The molecule has 3 aromatic rings. The van der Waals surface area contributed by atoms with Crippen molar-refractivity contribution in [2.24, 2.45) is 0 Å². The van der Waals surface area contributed by atoms with Crippen molar-refractivity contribution in [2.75, 3.05) is 24.2 Å². The largest absolute Gasteiger partial charge is 0.332 e. The predicted octanol–water partition coefficient (Wildman–Crippen LogP) is 3.76. The number of aromatic nitrogens is 1. The van der Waals surface area contributed by atoms with E-state index < -0.39 is 0 Å². The Morgan fingerprint density at radius 1 is 1.03 bits per heavy atom. The molecule has 3 amide bonds. The molecule has 0 unspecified atom stereocenters. The minimum Gasteiger partial charge on any atom is -0.332 e. The molecule has 0 aliphatic rings. The van der Waals surface area contributed by atoms with Gasteiger partial charge in [0.1, 0.15) is 4.88 Å². The average Bonchev–Trinajstić information content (AvgIpc) is 3.17. The van der Waals surface area contributed by atoms with Crippen LogP contribution in [0, 0.1) is 0 Å². The third-order valence-electron chi connectivity index (χ3n) is 3.93. The van der Waals surface area contributed by atoms with Gasteiger partial charge >= 0.3 is 0 Å². The molecule has 2 N–H and O–H groups in total. The number of thiophene rings is 1. The van der Waals surface area contributed by atoms with Crippen LogP contribution in [-0.4, -0.2) is 41.2 Å². The number of carbonyl (C=O) groups is 3. The lowest BCUT2D eigenvalue weighted by atomic mass is 10.2. The van der Waals surface area contributed by atoms with Crippen molar-refractivity contribution in [3.05, 3.63) is 75.7 Å². The summed E-state index contributed by atoms with van der Waals surface area (Å²) in [5, 5.41) is 7.51. The topological polar surface area (TPSA) is 91.4 Å². The first-order chi connectivity index (χ1) is 14.0. The number of hydrogen-bond donors (Lipinski definition) is 2. The van der Waals surface area contributed by atoms with Gasteiger partial charge in [0, 0.05) is 25.0 Å². The molecule has 148 valence electrons. The predicted molar refractivity (Wildman–Crippen MR) is 114 cm³/mol. The number of rotatable bonds is 6. The highest BCUT2D eigenvalue weighted by Gasteiger charge is 2.21. The van der Waals surface area contributed by atoms with Crippen molar-refractivity contribution in [3.8, 4) is 0 Å². The van der Waals surface area contributed by atoms with Crippen LogP contribution in [0.5, 0.6) is 0 Å². The summed E-state index contributed by atoms with van der Waals surface area (Å²) in [5.41, 5.74) is 1.29. The van der Waals surface area contributed by atoms with Gasteiger partial charge < -0.3 is 15.5 Å². The van der Waals surface area contributed by atoms with Crippen LogP contribution in [0.25, 0.3) is 0 Å². The fraction of sp³-hybridized carbons (Fsp3) is 0.100. The van der Waals surface area contributed by atoms with Crippen molar-refractivity contribution in [1.82, 2.24) is 9.88 Å². The van der Waals surface area contributed by atoms with Crippen LogP contribution in [0.1, 0.15) is 20.0 Å². The second kappa shape index (κ2) is 9.31. The molecule has 0 aliphatic carbocycles. The van der Waals surface area contributed by atoms with Gasteiger partial charge in [0.05, 0.1) is 22.9 Å². The maximum atomic E-state index is 12.8. The summed E-state index contributed by atoms with van der Waals surface area (Å²) < 4.78 is 0. The summed E-state index contributed by atoms with van der Waals surface area (Å²) in [6.07, 6.45) is 3.03. The molecule has 9 heteroatoms. The van der Waals surface area contributed by atoms with Gasteiger partial charge in [-0.05, 0) is 35.7 Å². The van der Waals surface area contributed by atoms with Crippen LogP contribution in [0.2, 0.25) is 5.02 Å². The molecule has 7 nitrogen and oxygen atoms in total. The van der Waals surface area contributed by atoms with Gasteiger partial charge in [-0.1, -0.05) is 23.7 Å². The zero-order valence-corrected chi connectivity index (χ0v) is 17.0. The Bertz CT molecular complexity index is 1040. The smallest absolute Gasteiger partial charge is 0.266 e. The number of pyridine rings is 1. The molecule has 1 aromatic carbocycles. The summed E-state index contributed by atoms with van der Waals surface area (Å²) in [7, 11) is 1.52. The second-order valence-corrected chi connectivity index (χ2v) is 7.37. The van der Waals surface area contributed by atoms with Gasteiger partial charge in [0.2, 0.25) is 5.91 Å². The molecule has 0 atom stereocenters. The molecule has 0 saturated carbocycles. The summed E-state index contributed by atoms with van der Waals surface area (Å²) in [4.78, 5) is 42.8. The average molecular weight is 429 g/mol. The first-order valence-corrected chi connectivity index (χ1v) is 9.80. The lowest BCUT2D eigenvalue weighted by molar-refractivity contribution is -0.116. The Hall–Kier alpha value is -3.23. The summed E-state index contributed by atoms with van der Waals surface area (Å²) in [5.74, 6) is -1.11. The number of para-hydroxylation sites is 1. The van der Waals surface area contributed by atoms with Crippen molar-refractivity contribution in [1.29, 1.82) is 0 Å². The molecule has 0 fully saturated rings. The van der Waals surface area contributed by atoms with E-state index in [1.165, 1.54) is 35.7 Å². The van der Waals surface area contributed by atoms with Crippen LogP contribution in [0.3, 0.4) is 0 Å². The van der Waals surface area contributed by atoms with Gasteiger partial charge in [-0.25, -0.2) is 0 Å². The third-order valence-corrected chi connectivity index (χ3v) is 5.16. The summed E-state index contributed by atoms with van der Waals surface area (Å²) in [6, 6.07) is 11.6. The molecule has 0 spiro atoms. The van der Waals surface area contributed by atoms with E-state index in [2.05, 4.69) is 15.6 Å². The van der Waals surface area contributed by atoms with E-state index in [1.807, 2.05) is 0 Å². The minimum atomic E-state index is -0.382. The van der Waals surface area contributed by atoms with E-state index in [1.54, 1.807) is 47.8 Å². The molecular formula is C20H17ClN4O3S. The number of benzene rings is 1. The molecule has 3 rings (SSSR count). The highest BCUT2D eigenvalue weighted by Crippen LogP contribution is 2.25. The zero-order chi connectivity index (χ0) is 20.8. The zero-order valence-electron chi connectivity index (χ0n) is 15.4. The molecule has 0 saturated heterocycles. The Labute approximate surface area is 176 Å². The fourth-order valence-corrected chi connectivity index (χ4v) is 3.51. The van der Waals surface area contributed by atoms with Gasteiger partial charge in [0.15, 0.2) is 0 Å². The maximum Gasteiger partial charge on any atom is 0.266 e. The Balaban J connectivity index is 1.64. The van der Waals surface area contributed by atoms with Crippen molar-refractivity contribution < 1.29 is 14.4 Å². The quantitative estimate of drug-likeness (QED) is 0.625. The third kappa shape index (κ3) is 5.18. The lowest BCUT2D eigenvalue weighted by Gasteiger charge is -2.17. The van der Waals surface area contributed by atoms with Gasteiger partial charge in [-0.3, -0.25) is 19.4 Å². The van der Waals surface area contributed by atoms with Crippen LogP contribution < -0.4 is 10.6 Å². The van der Waals surface area contributed by atoms with Crippen molar-refractivity contribution in [2.45, 2.75) is 0 Å². The minimum absolute atomic E-state index is 0.167. The monoisotopic (exact) mass is 428 g/mol. The Kier molecular flexibility index (Phi) is 6.58. The first kappa shape index (κ1) is 20.5. The lowest BCUT2D eigenvalue weighted by Crippen LogP contribution is -2.35. The molecule has 2 aromatic heterocycles. The van der Waals surface area contributed by atoms with Crippen LogP contribution in [-0.2, 0) is 4.79 Å². The molecular weight excluding hydrogens is 412 g/mol. The van der Waals surface area contributed by atoms with E-state index in [0.29, 0.717) is 26.8 Å². The van der Waals surface area contributed by atoms with E-state index in [9.17, 15) is 14.4 Å². The number of hydrogen-bond acceptors (Lipinski definition) is 5. The SMILES string of the molecule is CN(CC(=O)Nc1ccccc1Cl)C(=O)c1sccc1NC(=O)c1ccncc1. The van der Waals surface area contributed by atoms with E-state index in [4.69, 9.17) is 11.6 Å².